The number of carbonyl (C=O) groups excluding carboxylic acids is 1. The van der Waals surface area contributed by atoms with E-state index in [2.05, 4.69) is 22.0 Å². The number of hydrogen-bond donors (Lipinski definition) is 0. The molecule has 17 heavy (non-hydrogen) atoms. The van der Waals surface area contributed by atoms with E-state index in [1.165, 1.54) is 5.56 Å². The Labute approximate surface area is 109 Å². The van der Waals surface area contributed by atoms with Gasteiger partial charge in [0.1, 0.15) is 5.75 Å². The Bertz CT molecular complexity index is 417. The highest BCUT2D eigenvalue weighted by Crippen LogP contribution is 2.30. The lowest BCUT2D eigenvalue weighted by atomic mass is 10.1. The highest BCUT2D eigenvalue weighted by atomic mass is 79.9. The molecule has 1 atom stereocenters. The van der Waals surface area contributed by atoms with E-state index < -0.39 is 6.10 Å². The molecular formula is C13H15BrO3. The average Bonchev–Trinajstić information content (AvgIpc) is 2.73. The molecule has 0 saturated heterocycles. The van der Waals surface area contributed by atoms with E-state index in [1.54, 1.807) is 6.92 Å². The summed E-state index contributed by atoms with van der Waals surface area (Å²) >= 11 is 3.42. The van der Waals surface area contributed by atoms with E-state index in [-0.39, 0.29) is 5.97 Å². The van der Waals surface area contributed by atoms with Crippen LogP contribution in [-0.2, 0) is 22.4 Å². The maximum Gasteiger partial charge on any atom is 0.347 e. The first-order chi connectivity index (χ1) is 8.24. The van der Waals surface area contributed by atoms with E-state index >= 15 is 0 Å². The van der Waals surface area contributed by atoms with Crippen LogP contribution in [0.3, 0.4) is 0 Å². The summed E-state index contributed by atoms with van der Waals surface area (Å²) in [6.07, 6.45) is 1.13. The van der Waals surface area contributed by atoms with Crippen molar-refractivity contribution in [3.05, 3.63) is 29.3 Å². The minimum Gasteiger partial charge on any atom is -0.478 e. The molecule has 1 aliphatic heterocycles. The quantitative estimate of drug-likeness (QED) is 0.633. The summed E-state index contributed by atoms with van der Waals surface area (Å²) in [5.41, 5.74) is 2.36. The lowest BCUT2D eigenvalue weighted by molar-refractivity contribution is -0.150. The van der Waals surface area contributed by atoms with Crippen molar-refractivity contribution in [1.82, 2.24) is 0 Å². The standard InChI is InChI=1S/C13H15BrO3/c1-2-16-13(15)12-8-10-7-9(5-6-14)3-4-11(10)17-12/h3-4,7,12H,2,5-6,8H2,1H3. The van der Waals surface area contributed by atoms with Crippen molar-refractivity contribution in [3.63, 3.8) is 0 Å². The third-order valence-electron chi connectivity index (χ3n) is 2.73. The molecule has 1 aromatic rings. The van der Waals surface area contributed by atoms with E-state index in [4.69, 9.17) is 9.47 Å². The minimum atomic E-state index is -0.468. The molecule has 1 aromatic carbocycles. The highest BCUT2D eigenvalue weighted by Gasteiger charge is 2.30. The fourth-order valence-electron chi connectivity index (χ4n) is 1.93. The number of fused-ring (bicyclic) bond motifs is 1. The van der Waals surface area contributed by atoms with Crippen LogP contribution in [0.2, 0.25) is 0 Å². The highest BCUT2D eigenvalue weighted by molar-refractivity contribution is 9.09. The van der Waals surface area contributed by atoms with Gasteiger partial charge in [-0.15, -0.1) is 0 Å². The number of halogens is 1. The van der Waals surface area contributed by atoms with Gasteiger partial charge in [0.2, 0.25) is 0 Å². The molecule has 0 aliphatic carbocycles. The minimum absolute atomic E-state index is 0.272. The molecule has 0 radical (unpaired) electrons. The normalized spacial score (nSPS) is 17.4. The van der Waals surface area contributed by atoms with Crippen LogP contribution >= 0.6 is 15.9 Å². The number of benzene rings is 1. The number of aryl methyl sites for hydroxylation is 1. The summed E-state index contributed by atoms with van der Waals surface area (Å²) in [7, 11) is 0. The van der Waals surface area contributed by atoms with Crippen molar-refractivity contribution in [3.8, 4) is 5.75 Å². The summed E-state index contributed by atoms with van der Waals surface area (Å²) in [4.78, 5) is 11.6. The summed E-state index contributed by atoms with van der Waals surface area (Å²) in [5, 5.41) is 0.938. The number of hydrogen-bond acceptors (Lipinski definition) is 3. The molecule has 0 fully saturated rings. The Kier molecular flexibility index (Phi) is 4.05. The van der Waals surface area contributed by atoms with Gasteiger partial charge in [-0.1, -0.05) is 28.1 Å². The summed E-state index contributed by atoms with van der Waals surface area (Å²) in [5.74, 6) is 0.534. The van der Waals surface area contributed by atoms with Crippen molar-refractivity contribution in [1.29, 1.82) is 0 Å². The summed E-state index contributed by atoms with van der Waals surface area (Å²) in [6, 6.07) is 6.08. The van der Waals surface area contributed by atoms with Gasteiger partial charge in [0.15, 0.2) is 6.10 Å². The predicted molar refractivity (Wildman–Crippen MR) is 68.7 cm³/mol. The molecular weight excluding hydrogens is 284 g/mol. The van der Waals surface area contributed by atoms with Crippen LogP contribution < -0.4 is 4.74 Å². The van der Waals surface area contributed by atoms with Gasteiger partial charge in [-0.25, -0.2) is 4.79 Å². The Hall–Kier alpha value is -1.03. The smallest absolute Gasteiger partial charge is 0.347 e. The average molecular weight is 299 g/mol. The van der Waals surface area contributed by atoms with Crippen LogP contribution in [0.15, 0.2) is 18.2 Å². The molecule has 4 heteroatoms. The molecule has 1 unspecified atom stereocenters. The number of alkyl halides is 1. The van der Waals surface area contributed by atoms with Gasteiger partial charge in [0.05, 0.1) is 6.61 Å². The van der Waals surface area contributed by atoms with Crippen molar-refractivity contribution in [2.75, 3.05) is 11.9 Å². The molecule has 0 spiro atoms. The van der Waals surface area contributed by atoms with Gasteiger partial charge in [-0.05, 0) is 30.5 Å². The van der Waals surface area contributed by atoms with Gasteiger partial charge in [0.25, 0.3) is 0 Å². The second kappa shape index (κ2) is 5.54. The second-order valence-electron chi connectivity index (χ2n) is 3.94. The maximum absolute atomic E-state index is 11.6. The lowest BCUT2D eigenvalue weighted by Crippen LogP contribution is -2.27. The largest absolute Gasteiger partial charge is 0.478 e. The number of ether oxygens (including phenoxy) is 2. The molecule has 92 valence electrons. The van der Waals surface area contributed by atoms with Gasteiger partial charge in [-0.2, -0.15) is 0 Å². The first-order valence-electron chi connectivity index (χ1n) is 5.75. The predicted octanol–water partition coefficient (Wildman–Crippen LogP) is 2.49. The van der Waals surface area contributed by atoms with E-state index in [0.717, 1.165) is 23.1 Å². The van der Waals surface area contributed by atoms with Crippen molar-refractivity contribution < 1.29 is 14.3 Å². The molecule has 1 heterocycles. The van der Waals surface area contributed by atoms with Crippen LogP contribution in [0, 0.1) is 0 Å². The zero-order valence-corrected chi connectivity index (χ0v) is 11.3. The molecule has 0 amide bonds. The Morgan fingerprint density at radius 1 is 1.59 bits per heavy atom. The topological polar surface area (TPSA) is 35.5 Å². The Morgan fingerprint density at radius 2 is 2.41 bits per heavy atom. The third-order valence-corrected chi connectivity index (χ3v) is 3.13. The molecule has 0 saturated carbocycles. The third kappa shape index (κ3) is 2.80. The fraction of sp³-hybridized carbons (Fsp3) is 0.462. The molecule has 1 aliphatic rings. The molecule has 0 N–H and O–H groups in total. The summed E-state index contributed by atoms with van der Waals surface area (Å²) < 4.78 is 10.5. The number of rotatable bonds is 4. The monoisotopic (exact) mass is 298 g/mol. The van der Waals surface area contributed by atoms with E-state index in [1.807, 2.05) is 12.1 Å². The second-order valence-corrected chi connectivity index (χ2v) is 4.74. The van der Waals surface area contributed by atoms with Crippen LogP contribution in [0.25, 0.3) is 0 Å². The van der Waals surface area contributed by atoms with Crippen LogP contribution in [0.4, 0.5) is 0 Å². The van der Waals surface area contributed by atoms with Crippen LogP contribution in [-0.4, -0.2) is 24.0 Å². The van der Waals surface area contributed by atoms with Crippen LogP contribution in [0.5, 0.6) is 5.75 Å². The fourth-order valence-corrected chi connectivity index (χ4v) is 2.39. The number of esters is 1. The summed E-state index contributed by atoms with van der Waals surface area (Å²) in [6.45, 7) is 2.19. The van der Waals surface area contributed by atoms with Gasteiger partial charge in [-0.3, -0.25) is 0 Å². The maximum atomic E-state index is 11.6. The first-order valence-corrected chi connectivity index (χ1v) is 6.87. The SMILES string of the molecule is CCOC(=O)C1Cc2cc(CCBr)ccc2O1. The molecule has 0 bridgehead atoms. The Balaban J connectivity index is 2.08. The lowest BCUT2D eigenvalue weighted by Gasteiger charge is -2.08. The van der Waals surface area contributed by atoms with E-state index in [9.17, 15) is 4.79 Å². The zero-order valence-electron chi connectivity index (χ0n) is 9.74. The number of carbonyl (C=O) groups is 1. The Morgan fingerprint density at radius 3 is 3.12 bits per heavy atom. The zero-order chi connectivity index (χ0) is 12.3. The van der Waals surface area contributed by atoms with Crippen molar-refractivity contribution in [2.24, 2.45) is 0 Å². The van der Waals surface area contributed by atoms with Crippen LogP contribution in [0.1, 0.15) is 18.1 Å². The molecule has 0 aromatic heterocycles. The first kappa shape index (κ1) is 12.4. The molecule has 2 rings (SSSR count). The van der Waals surface area contributed by atoms with Gasteiger partial charge < -0.3 is 9.47 Å². The van der Waals surface area contributed by atoms with Gasteiger partial charge >= 0.3 is 5.97 Å². The van der Waals surface area contributed by atoms with E-state index in [0.29, 0.717) is 13.0 Å². The van der Waals surface area contributed by atoms with Gasteiger partial charge in [0, 0.05) is 11.8 Å². The van der Waals surface area contributed by atoms with Crippen molar-refractivity contribution in [2.45, 2.75) is 25.9 Å². The van der Waals surface area contributed by atoms with Crippen molar-refractivity contribution >= 4 is 21.9 Å². The molecule has 3 nitrogen and oxygen atoms in total.